The highest BCUT2D eigenvalue weighted by Crippen LogP contribution is 2.32. The summed E-state index contributed by atoms with van der Waals surface area (Å²) in [6, 6.07) is 4.23. The van der Waals surface area contributed by atoms with E-state index >= 15 is 0 Å². The van der Waals surface area contributed by atoms with E-state index in [4.69, 9.17) is 0 Å². The highest BCUT2D eigenvalue weighted by molar-refractivity contribution is 5.94. The lowest BCUT2D eigenvalue weighted by atomic mass is 9.88. The van der Waals surface area contributed by atoms with E-state index in [9.17, 15) is 18.0 Å². The Bertz CT molecular complexity index is 707. The highest BCUT2D eigenvalue weighted by atomic mass is 19.4. The number of hydrogen-bond acceptors (Lipinski definition) is 4. The van der Waals surface area contributed by atoms with Crippen molar-refractivity contribution in [3.63, 3.8) is 0 Å². The monoisotopic (exact) mass is 313 g/mol. The number of carbonyl (C=O) groups is 1. The minimum Gasteiger partial charge on any atom is -0.433 e. The fourth-order valence-electron chi connectivity index (χ4n) is 2.26. The number of amides is 1. The molecule has 118 valence electrons. The van der Waals surface area contributed by atoms with E-state index in [1.54, 1.807) is 0 Å². The first kappa shape index (κ1) is 14.8. The zero-order valence-corrected chi connectivity index (χ0v) is 11.7. The van der Waals surface area contributed by atoms with Gasteiger partial charge in [0.15, 0.2) is 5.58 Å². The molecule has 1 saturated heterocycles. The van der Waals surface area contributed by atoms with Crippen LogP contribution in [0.2, 0.25) is 0 Å². The van der Waals surface area contributed by atoms with Crippen molar-refractivity contribution in [2.45, 2.75) is 13.1 Å². The summed E-state index contributed by atoms with van der Waals surface area (Å²) >= 11 is 0. The lowest BCUT2D eigenvalue weighted by Gasteiger charge is -2.31. The number of anilines is 1. The number of hydrogen-bond donors (Lipinski definition) is 2. The van der Waals surface area contributed by atoms with Crippen LogP contribution in [0.4, 0.5) is 18.9 Å². The Morgan fingerprint density at radius 1 is 1.45 bits per heavy atom. The molecule has 1 aromatic heterocycles. The molecule has 8 heteroatoms. The summed E-state index contributed by atoms with van der Waals surface area (Å²) in [6.45, 7) is 3.43. The van der Waals surface area contributed by atoms with Gasteiger partial charge in [0.2, 0.25) is 5.91 Å². The molecule has 2 aromatic rings. The Balaban J connectivity index is 1.78. The Labute approximate surface area is 123 Å². The van der Waals surface area contributed by atoms with E-state index in [0.717, 1.165) is 13.1 Å². The first-order valence-electron chi connectivity index (χ1n) is 6.84. The van der Waals surface area contributed by atoms with E-state index in [0.29, 0.717) is 5.69 Å². The third-order valence-electron chi connectivity index (χ3n) is 3.83. The van der Waals surface area contributed by atoms with Gasteiger partial charge in [0.25, 0.3) is 0 Å². The van der Waals surface area contributed by atoms with Crippen LogP contribution >= 0.6 is 0 Å². The normalized spacial score (nSPS) is 17.3. The predicted octanol–water partition coefficient (Wildman–Crippen LogP) is 2.64. The number of benzene rings is 1. The van der Waals surface area contributed by atoms with Crippen molar-refractivity contribution in [3.05, 3.63) is 24.1 Å². The highest BCUT2D eigenvalue weighted by Gasteiger charge is 2.37. The van der Waals surface area contributed by atoms with E-state index in [1.165, 1.54) is 18.2 Å². The van der Waals surface area contributed by atoms with Crippen molar-refractivity contribution in [2.24, 2.45) is 11.8 Å². The average Bonchev–Trinajstić information content (AvgIpc) is 2.79. The summed E-state index contributed by atoms with van der Waals surface area (Å²) in [5, 5.41) is 5.79. The number of nitrogens with zero attached hydrogens (tertiary/aromatic N) is 1. The fourth-order valence-corrected chi connectivity index (χ4v) is 2.26. The second kappa shape index (κ2) is 5.28. The number of halogens is 3. The summed E-state index contributed by atoms with van der Waals surface area (Å²) in [5.41, 5.74) is 0.489. The second-order valence-corrected chi connectivity index (χ2v) is 5.40. The largest absolute Gasteiger partial charge is 0.468 e. The molecule has 22 heavy (non-hydrogen) atoms. The molecule has 0 aliphatic carbocycles. The molecular weight excluding hydrogens is 299 g/mol. The third kappa shape index (κ3) is 2.78. The molecule has 0 spiro atoms. The maximum Gasteiger partial charge on any atom is 0.468 e. The van der Waals surface area contributed by atoms with Crippen LogP contribution < -0.4 is 10.6 Å². The third-order valence-corrected chi connectivity index (χ3v) is 3.83. The van der Waals surface area contributed by atoms with Crippen molar-refractivity contribution in [3.8, 4) is 0 Å². The van der Waals surface area contributed by atoms with Crippen molar-refractivity contribution in [2.75, 3.05) is 18.4 Å². The Morgan fingerprint density at radius 3 is 2.77 bits per heavy atom. The average molecular weight is 313 g/mol. The molecule has 1 unspecified atom stereocenters. The molecular formula is C14H14F3N3O2. The molecule has 1 aliphatic rings. The first-order valence-corrected chi connectivity index (χ1v) is 6.84. The number of aromatic nitrogens is 1. The van der Waals surface area contributed by atoms with Gasteiger partial charge in [0.05, 0.1) is 0 Å². The molecule has 1 aliphatic heterocycles. The maximum atomic E-state index is 12.5. The molecule has 1 aromatic carbocycles. The number of carbonyl (C=O) groups excluding carboxylic acids is 1. The van der Waals surface area contributed by atoms with Gasteiger partial charge >= 0.3 is 12.1 Å². The number of fused-ring (bicyclic) bond motifs is 1. The van der Waals surface area contributed by atoms with Gasteiger partial charge in [-0.2, -0.15) is 13.2 Å². The van der Waals surface area contributed by atoms with E-state index in [-0.39, 0.29) is 28.8 Å². The van der Waals surface area contributed by atoms with Crippen LogP contribution in [-0.2, 0) is 11.0 Å². The predicted molar refractivity (Wildman–Crippen MR) is 73.2 cm³/mol. The standard InChI is InChI=1S/C14H14F3N3O2/c1-7(8-5-18-6-8)12(21)19-9-2-3-11-10(4-9)20-13(22-11)14(15,16)17/h2-4,7-8,18H,5-6H2,1H3,(H,19,21). The van der Waals surface area contributed by atoms with Crippen LogP contribution in [0.25, 0.3) is 11.1 Å². The van der Waals surface area contributed by atoms with E-state index in [1.807, 2.05) is 6.92 Å². The number of oxazole rings is 1. The van der Waals surface area contributed by atoms with Gasteiger partial charge in [-0.3, -0.25) is 4.79 Å². The first-order chi connectivity index (χ1) is 10.3. The van der Waals surface area contributed by atoms with Gasteiger partial charge in [-0.05, 0) is 37.2 Å². The van der Waals surface area contributed by atoms with Gasteiger partial charge in [0, 0.05) is 11.6 Å². The molecule has 5 nitrogen and oxygen atoms in total. The van der Waals surface area contributed by atoms with Crippen molar-refractivity contribution < 1.29 is 22.4 Å². The van der Waals surface area contributed by atoms with Crippen LogP contribution in [0.1, 0.15) is 12.8 Å². The van der Waals surface area contributed by atoms with Crippen LogP contribution in [0.3, 0.4) is 0 Å². The molecule has 0 radical (unpaired) electrons. The number of nitrogens with one attached hydrogen (secondary N) is 2. The molecule has 2 heterocycles. The Hall–Kier alpha value is -2.09. The van der Waals surface area contributed by atoms with Gasteiger partial charge in [0.1, 0.15) is 5.52 Å². The molecule has 2 N–H and O–H groups in total. The lowest BCUT2D eigenvalue weighted by Crippen LogP contribution is -2.48. The van der Waals surface area contributed by atoms with Gasteiger partial charge < -0.3 is 15.1 Å². The number of alkyl halides is 3. The van der Waals surface area contributed by atoms with Crippen LogP contribution in [0, 0.1) is 11.8 Å². The molecule has 0 saturated carbocycles. The lowest BCUT2D eigenvalue weighted by molar-refractivity contribution is -0.156. The molecule has 1 amide bonds. The van der Waals surface area contributed by atoms with E-state index < -0.39 is 12.1 Å². The topological polar surface area (TPSA) is 67.2 Å². The van der Waals surface area contributed by atoms with E-state index in [2.05, 4.69) is 20.0 Å². The van der Waals surface area contributed by atoms with Gasteiger partial charge in [-0.25, -0.2) is 4.98 Å². The summed E-state index contributed by atoms with van der Waals surface area (Å²) in [6.07, 6.45) is -4.63. The SMILES string of the molecule is CC(C(=O)Nc1ccc2oc(C(F)(F)F)nc2c1)C1CNC1. The second-order valence-electron chi connectivity index (χ2n) is 5.40. The van der Waals surface area contributed by atoms with Crippen molar-refractivity contribution in [1.82, 2.24) is 10.3 Å². The van der Waals surface area contributed by atoms with Crippen LogP contribution in [-0.4, -0.2) is 24.0 Å². The summed E-state index contributed by atoms with van der Waals surface area (Å²) < 4.78 is 42.3. The minimum atomic E-state index is -4.63. The van der Waals surface area contributed by atoms with Crippen molar-refractivity contribution in [1.29, 1.82) is 0 Å². The summed E-state index contributed by atoms with van der Waals surface area (Å²) in [4.78, 5) is 15.5. The van der Waals surface area contributed by atoms with Crippen LogP contribution in [0.15, 0.2) is 22.6 Å². The zero-order chi connectivity index (χ0) is 15.9. The Morgan fingerprint density at radius 2 is 2.18 bits per heavy atom. The van der Waals surface area contributed by atoms with Gasteiger partial charge in [-0.1, -0.05) is 6.92 Å². The quantitative estimate of drug-likeness (QED) is 0.914. The summed E-state index contributed by atoms with van der Waals surface area (Å²) in [5.74, 6) is -1.34. The summed E-state index contributed by atoms with van der Waals surface area (Å²) in [7, 11) is 0. The van der Waals surface area contributed by atoms with Crippen LogP contribution in [0.5, 0.6) is 0 Å². The number of rotatable bonds is 3. The maximum absolute atomic E-state index is 12.5. The molecule has 1 atom stereocenters. The van der Waals surface area contributed by atoms with Gasteiger partial charge in [-0.15, -0.1) is 0 Å². The molecule has 1 fully saturated rings. The fraction of sp³-hybridized carbons (Fsp3) is 0.429. The molecule has 3 rings (SSSR count). The minimum absolute atomic E-state index is 0.0292. The Kier molecular flexibility index (Phi) is 3.56. The smallest absolute Gasteiger partial charge is 0.433 e. The zero-order valence-electron chi connectivity index (χ0n) is 11.7. The van der Waals surface area contributed by atoms with Crippen molar-refractivity contribution >= 4 is 22.7 Å². The molecule has 0 bridgehead atoms.